The monoisotopic (exact) mass is 168 g/mol. The highest BCUT2D eigenvalue weighted by Gasteiger charge is 2.20. The SMILES string of the molecule is C#CC(C)(C=C)OC(C)OCC. The summed E-state index contributed by atoms with van der Waals surface area (Å²) < 4.78 is 10.6. The molecule has 2 heteroatoms. The van der Waals surface area contributed by atoms with Crippen LogP contribution in [-0.2, 0) is 9.47 Å². The van der Waals surface area contributed by atoms with Gasteiger partial charge in [-0.3, -0.25) is 0 Å². The summed E-state index contributed by atoms with van der Waals surface area (Å²) in [4.78, 5) is 0. The van der Waals surface area contributed by atoms with Gasteiger partial charge >= 0.3 is 0 Å². The zero-order chi connectivity index (χ0) is 9.61. The number of hydrogen-bond donors (Lipinski definition) is 0. The molecule has 0 N–H and O–H groups in total. The Morgan fingerprint density at radius 3 is 2.67 bits per heavy atom. The van der Waals surface area contributed by atoms with E-state index in [9.17, 15) is 0 Å². The van der Waals surface area contributed by atoms with Crippen molar-refractivity contribution in [2.24, 2.45) is 0 Å². The van der Waals surface area contributed by atoms with Gasteiger partial charge in [-0.1, -0.05) is 12.5 Å². The largest absolute Gasteiger partial charge is 0.353 e. The van der Waals surface area contributed by atoms with Crippen LogP contribution in [0.5, 0.6) is 0 Å². The Morgan fingerprint density at radius 2 is 2.33 bits per heavy atom. The van der Waals surface area contributed by atoms with Crippen molar-refractivity contribution in [3.63, 3.8) is 0 Å². The van der Waals surface area contributed by atoms with Crippen molar-refractivity contribution in [3.05, 3.63) is 12.7 Å². The quantitative estimate of drug-likeness (QED) is 0.355. The summed E-state index contributed by atoms with van der Waals surface area (Å²) in [6.07, 6.45) is 6.55. The maximum atomic E-state index is 5.40. The van der Waals surface area contributed by atoms with Gasteiger partial charge in [-0.05, 0) is 26.8 Å². The minimum Gasteiger partial charge on any atom is -0.353 e. The van der Waals surface area contributed by atoms with Gasteiger partial charge in [0.05, 0.1) is 0 Å². The number of ether oxygens (including phenoxy) is 2. The lowest BCUT2D eigenvalue weighted by Gasteiger charge is -2.24. The van der Waals surface area contributed by atoms with Crippen LogP contribution < -0.4 is 0 Å². The Balaban J connectivity index is 4.04. The van der Waals surface area contributed by atoms with Crippen LogP contribution in [0.1, 0.15) is 20.8 Å². The fourth-order valence-electron chi connectivity index (χ4n) is 0.755. The lowest BCUT2D eigenvalue weighted by atomic mass is 10.1. The second-order valence-corrected chi connectivity index (χ2v) is 2.60. The van der Waals surface area contributed by atoms with Gasteiger partial charge in [0.1, 0.15) is 5.60 Å². The van der Waals surface area contributed by atoms with Gasteiger partial charge in [0.25, 0.3) is 0 Å². The molecule has 12 heavy (non-hydrogen) atoms. The fourth-order valence-corrected chi connectivity index (χ4v) is 0.755. The molecule has 0 spiro atoms. The van der Waals surface area contributed by atoms with Crippen LogP contribution in [0.2, 0.25) is 0 Å². The van der Waals surface area contributed by atoms with E-state index in [4.69, 9.17) is 15.9 Å². The van der Waals surface area contributed by atoms with Crippen molar-refractivity contribution in [2.45, 2.75) is 32.7 Å². The summed E-state index contributed by atoms with van der Waals surface area (Å²) in [6.45, 7) is 9.69. The van der Waals surface area contributed by atoms with Crippen LogP contribution >= 0.6 is 0 Å². The Morgan fingerprint density at radius 1 is 1.75 bits per heavy atom. The van der Waals surface area contributed by atoms with Crippen molar-refractivity contribution in [2.75, 3.05) is 6.61 Å². The summed E-state index contributed by atoms with van der Waals surface area (Å²) in [7, 11) is 0. The molecule has 0 aliphatic rings. The molecular formula is C10H16O2. The maximum Gasteiger partial charge on any atom is 0.157 e. The molecule has 0 fully saturated rings. The predicted octanol–water partition coefficient (Wildman–Crippen LogP) is 1.96. The van der Waals surface area contributed by atoms with Crippen LogP contribution in [-0.4, -0.2) is 18.5 Å². The predicted molar refractivity (Wildman–Crippen MR) is 49.6 cm³/mol. The van der Waals surface area contributed by atoms with Gasteiger partial charge in [-0.15, -0.1) is 6.42 Å². The third-order valence-electron chi connectivity index (χ3n) is 1.49. The van der Waals surface area contributed by atoms with Gasteiger partial charge in [0, 0.05) is 6.61 Å². The molecule has 0 bridgehead atoms. The van der Waals surface area contributed by atoms with Crippen molar-refractivity contribution < 1.29 is 9.47 Å². The number of terminal acetylenes is 1. The molecule has 2 nitrogen and oxygen atoms in total. The molecule has 0 saturated heterocycles. The first kappa shape index (κ1) is 11.2. The molecule has 0 aliphatic carbocycles. The molecule has 0 rings (SSSR count). The van der Waals surface area contributed by atoms with Crippen LogP contribution in [0.15, 0.2) is 12.7 Å². The van der Waals surface area contributed by atoms with Crippen molar-refractivity contribution >= 4 is 0 Å². The number of hydrogen-bond acceptors (Lipinski definition) is 2. The Bertz CT molecular complexity index is 181. The first-order valence-corrected chi connectivity index (χ1v) is 3.98. The van der Waals surface area contributed by atoms with Crippen molar-refractivity contribution in [1.82, 2.24) is 0 Å². The van der Waals surface area contributed by atoms with Gasteiger partial charge in [-0.25, -0.2) is 0 Å². The third kappa shape index (κ3) is 3.56. The van der Waals surface area contributed by atoms with E-state index >= 15 is 0 Å². The van der Waals surface area contributed by atoms with E-state index in [1.54, 1.807) is 13.0 Å². The van der Waals surface area contributed by atoms with E-state index in [0.29, 0.717) is 6.61 Å². The molecule has 0 saturated carbocycles. The minimum absolute atomic E-state index is 0.297. The van der Waals surface area contributed by atoms with Crippen LogP contribution in [0.25, 0.3) is 0 Å². The lowest BCUT2D eigenvalue weighted by Crippen LogP contribution is -2.30. The molecule has 2 atom stereocenters. The smallest absolute Gasteiger partial charge is 0.157 e. The van der Waals surface area contributed by atoms with Crippen LogP contribution in [0.4, 0.5) is 0 Å². The highest BCUT2D eigenvalue weighted by Crippen LogP contribution is 2.13. The van der Waals surface area contributed by atoms with Gasteiger partial charge in [0.15, 0.2) is 6.29 Å². The summed E-state index contributed by atoms with van der Waals surface area (Å²) in [5.41, 5.74) is -0.728. The first-order valence-electron chi connectivity index (χ1n) is 3.98. The minimum atomic E-state index is -0.728. The van der Waals surface area contributed by atoms with Crippen molar-refractivity contribution in [3.8, 4) is 12.3 Å². The number of rotatable bonds is 5. The van der Waals surface area contributed by atoms with Gasteiger partial charge in [0.2, 0.25) is 0 Å². The highest BCUT2D eigenvalue weighted by atomic mass is 16.7. The summed E-state index contributed by atoms with van der Waals surface area (Å²) >= 11 is 0. The standard InChI is InChI=1S/C10H16O2/c1-6-10(5,7-2)12-9(4)11-8-3/h1,7,9H,2,8H2,3-5H3. The molecule has 0 amide bonds. The molecule has 2 unspecified atom stereocenters. The van der Waals surface area contributed by atoms with E-state index in [-0.39, 0.29) is 6.29 Å². The summed E-state index contributed by atoms with van der Waals surface area (Å²) in [5.74, 6) is 2.50. The van der Waals surface area contributed by atoms with Crippen molar-refractivity contribution in [1.29, 1.82) is 0 Å². The van der Waals surface area contributed by atoms with E-state index in [0.717, 1.165) is 0 Å². The highest BCUT2D eigenvalue weighted by molar-refractivity contribution is 5.15. The summed E-state index contributed by atoms with van der Waals surface area (Å²) in [6, 6.07) is 0. The van der Waals surface area contributed by atoms with E-state index in [1.807, 2.05) is 13.8 Å². The molecular weight excluding hydrogens is 152 g/mol. The summed E-state index contributed by atoms with van der Waals surface area (Å²) in [5, 5.41) is 0. The maximum absolute atomic E-state index is 5.40. The molecule has 0 aromatic rings. The molecule has 0 heterocycles. The van der Waals surface area contributed by atoms with E-state index < -0.39 is 5.60 Å². The zero-order valence-corrected chi connectivity index (χ0v) is 7.96. The first-order chi connectivity index (χ1) is 5.58. The van der Waals surface area contributed by atoms with E-state index in [2.05, 4.69) is 12.5 Å². The molecule has 0 aromatic heterocycles. The van der Waals surface area contributed by atoms with Crippen LogP contribution in [0, 0.1) is 12.3 Å². The normalized spacial score (nSPS) is 17.5. The molecule has 68 valence electrons. The molecule has 0 aromatic carbocycles. The average molecular weight is 168 g/mol. The van der Waals surface area contributed by atoms with Crippen LogP contribution in [0.3, 0.4) is 0 Å². The second kappa shape index (κ2) is 4.97. The lowest BCUT2D eigenvalue weighted by molar-refractivity contribution is -0.161. The van der Waals surface area contributed by atoms with Gasteiger partial charge < -0.3 is 9.47 Å². The zero-order valence-electron chi connectivity index (χ0n) is 7.96. The topological polar surface area (TPSA) is 18.5 Å². The van der Waals surface area contributed by atoms with E-state index in [1.165, 1.54) is 0 Å². The average Bonchev–Trinajstić information content (AvgIpc) is 2.05. The third-order valence-corrected chi connectivity index (χ3v) is 1.49. The Kier molecular flexibility index (Phi) is 4.65. The Hall–Kier alpha value is -0.780. The van der Waals surface area contributed by atoms with Gasteiger partial charge in [-0.2, -0.15) is 0 Å². The fraction of sp³-hybridized carbons (Fsp3) is 0.600. The molecule has 0 radical (unpaired) electrons. The Labute approximate surface area is 74.6 Å². The second-order valence-electron chi connectivity index (χ2n) is 2.60. The molecule has 0 aliphatic heterocycles.